The van der Waals surface area contributed by atoms with Gasteiger partial charge in [-0.15, -0.1) is 0 Å². The Bertz CT molecular complexity index is 1360. The molecule has 0 radical (unpaired) electrons. The predicted molar refractivity (Wildman–Crippen MR) is 120 cm³/mol. The minimum absolute atomic E-state index is 0.00384. The number of benzene rings is 1. The van der Waals surface area contributed by atoms with Gasteiger partial charge in [0.1, 0.15) is 16.8 Å². The monoisotopic (exact) mass is 487 g/mol. The topological polar surface area (TPSA) is 95.1 Å². The zero-order chi connectivity index (χ0) is 24.5. The molecule has 0 aliphatic carbocycles. The Balaban J connectivity index is 1.62. The number of halogens is 3. The summed E-state index contributed by atoms with van der Waals surface area (Å²) in [7, 11) is 3.26. The second-order valence-corrected chi connectivity index (χ2v) is 8.14. The summed E-state index contributed by atoms with van der Waals surface area (Å²) in [6.45, 7) is 1.95. The lowest BCUT2D eigenvalue weighted by atomic mass is 9.80. The summed E-state index contributed by atoms with van der Waals surface area (Å²) < 4.78 is 39.5. The van der Waals surface area contributed by atoms with Crippen LogP contribution in [0.25, 0.3) is 11.3 Å². The van der Waals surface area contributed by atoms with Gasteiger partial charge in [0.25, 0.3) is 5.91 Å². The molecule has 1 amide bonds. The Morgan fingerprint density at radius 1 is 1.26 bits per heavy atom. The van der Waals surface area contributed by atoms with Crippen LogP contribution in [0.5, 0.6) is 5.88 Å². The van der Waals surface area contributed by atoms with E-state index in [4.69, 9.17) is 20.9 Å². The Hall–Kier alpha value is -3.79. The number of aromatic nitrogens is 4. The highest BCUT2D eigenvalue weighted by atomic mass is 35.5. The lowest BCUT2D eigenvalue weighted by molar-refractivity contribution is 0.0938. The fraction of sp³-hybridized carbons (Fsp3) is 0.217. The van der Waals surface area contributed by atoms with Gasteiger partial charge in [-0.1, -0.05) is 22.8 Å². The van der Waals surface area contributed by atoms with E-state index in [0.29, 0.717) is 22.3 Å². The third-order valence-corrected chi connectivity index (χ3v) is 5.70. The van der Waals surface area contributed by atoms with E-state index in [-0.39, 0.29) is 23.6 Å². The number of carbonyl (C=O) groups is 1. The SMILES string of the molecule is COc1c(C(C)(CNC(=O)c2cc(-c3ccc(F)cc3F)on2)c2cccc(Cl)n2)cnn1C. The van der Waals surface area contributed by atoms with Gasteiger partial charge in [-0.05, 0) is 31.2 Å². The molecule has 1 atom stereocenters. The first-order chi connectivity index (χ1) is 16.2. The minimum Gasteiger partial charge on any atom is -0.481 e. The van der Waals surface area contributed by atoms with Gasteiger partial charge in [0.05, 0.1) is 30.0 Å². The summed E-state index contributed by atoms with van der Waals surface area (Å²) in [5, 5.41) is 11.1. The zero-order valence-electron chi connectivity index (χ0n) is 18.5. The Labute approximate surface area is 198 Å². The summed E-state index contributed by atoms with van der Waals surface area (Å²) in [4.78, 5) is 17.3. The fourth-order valence-corrected chi connectivity index (χ4v) is 3.80. The van der Waals surface area contributed by atoms with Crippen molar-refractivity contribution in [3.8, 4) is 17.2 Å². The predicted octanol–water partition coefficient (Wildman–Crippen LogP) is 4.15. The van der Waals surface area contributed by atoms with E-state index in [2.05, 4.69) is 20.6 Å². The van der Waals surface area contributed by atoms with Gasteiger partial charge in [-0.3, -0.25) is 4.79 Å². The Morgan fingerprint density at radius 2 is 2.06 bits per heavy atom. The molecule has 3 aromatic heterocycles. The molecule has 0 aliphatic heterocycles. The van der Waals surface area contributed by atoms with Crippen LogP contribution in [0.2, 0.25) is 5.15 Å². The van der Waals surface area contributed by atoms with Crippen molar-refractivity contribution in [3.05, 3.63) is 82.4 Å². The molecule has 0 aliphatic rings. The second kappa shape index (κ2) is 9.22. The van der Waals surface area contributed by atoms with Gasteiger partial charge in [-0.2, -0.15) is 5.10 Å². The number of amides is 1. The quantitative estimate of drug-likeness (QED) is 0.394. The van der Waals surface area contributed by atoms with Crippen LogP contribution in [-0.2, 0) is 12.5 Å². The van der Waals surface area contributed by atoms with Crippen LogP contribution in [0.15, 0.2) is 53.2 Å². The summed E-state index contributed by atoms with van der Waals surface area (Å²) in [5.41, 5.74) is 0.303. The van der Waals surface area contributed by atoms with Gasteiger partial charge in [0.15, 0.2) is 11.5 Å². The van der Waals surface area contributed by atoms with E-state index in [0.717, 1.165) is 12.1 Å². The largest absolute Gasteiger partial charge is 0.481 e. The third-order valence-electron chi connectivity index (χ3n) is 5.49. The lowest BCUT2D eigenvalue weighted by Crippen LogP contribution is -2.40. The number of methoxy groups -OCH3 is 1. The fourth-order valence-electron chi connectivity index (χ4n) is 3.63. The molecule has 0 spiro atoms. The molecule has 4 rings (SSSR count). The molecule has 1 aromatic carbocycles. The van der Waals surface area contributed by atoms with Crippen LogP contribution < -0.4 is 10.1 Å². The third kappa shape index (κ3) is 4.36. The molecule has 1 unspecified atom stereocenters. The number of pyridine rings is 1. The lowest BCUT2D eigenvalue weighted by Gasteiger charge is -2.29. The van der Waals surface area contributed by atoms with Crippen molar-refractivity contribution in [1.82, 2.24) is 25.2 Å². The van der Waals surface area contributed by atoms with Crippen LogP contribution in [0, 0.1) is 11.6 Å². The normalized spacial score (nSPS) is 12.9. The minimum atomic E-state index is -0.879. The van der Waals surface area contributed by atoms with Gasteiger partial charge < -0.3 is 14.6 Å². The molecule has 3 heterocycles. The number of rotatable bonds is 7. The summed E-state index contributed by atoms with van der Waals surface area (Å²) >= 11 is 6.13. The van der Waals surface area contributed by atoms with E-state index in [1.807, 2.05) is 6.92 Å². The molecular formula is C23H20ClF2N5O3. The number of hydrogen-bond donors (Lipinski definition) is 1. The number of ether oxygens (including phenoxy) is 1. The highest BCUT2D eigenvalue weighted by molar-refractivity contribution is 6.29. The molecule has 4 aromatic rings. The van der Waals surface area contributed by atoms with Gasteiger partial charge in [-0.25, -0.2) is 18.4 Å². The smallest absolute Gasteiger partial charge is 0.273 e. The van der Waals surface area contributed by atoms with E-state index < -0.39 is 23.0 Å². The van der Waals surface area contributed by atoms with Crippen LogP contribution in [-0.4, -0.2) is 39.5 Å². The van der Waals surface area contributed by atoms with Crippen molar-refractivity contribution in [1.29, 1.82) is 0 Å². The van der Waals surface area contributed by atoms with Crippen molar-refractivity contribution in [2.24, 2.45) is 7.05 Å². The number of nitrogens with zero attached hydrogens (tertiary/aromatic N) is 4. The summed E-state index contributed by atoms with van der Waals surface area (Å²) in [6, 6.07) is 9.50. The first-order valence-electron chi connectivity index (χ1n) is 10.1. The maximum atomic E-state index is 14.1. The van der Waals surface area contributed by atoms with Crippen molar-refractivity contribution in [2.75, 3.05) is 13.7 Å². The summed E-state index contributed by atoms with van der Waals surface area (Å²) in [6.07, 6.45) is 1.64. The average Bonchev–Trinajstić information content (AvgIpc) is 3.44. The highest BCUT2D eigenvalue weighted by Gasteiger charge is 2.36. The summed E-state index contributed by atoms with van der Waals surface area (Å²) in [5.74, 6) is -1.62. The van der Waals surface area contributed by atoms with Crippen molar-refractivity contribution >= 4 is 17.5 Å². The molecule has 0 fully saturated rings. The average molecular weight is 488 g/mol. The van der Waals surface area contributed by atoms with E-state index >= 15 is 0 Å². The highest BCUT2D eigenvalue weighted by Crippen LogP contribution is 2.36. The van der Waals surface area contributed by atoms with Crippen LogP contribution in [0.3, 0.4) is 0 Å². The Morgan fingerprint density at radius 3 is 2.76 bits per heavy atom. The van der Waals surface area contributed by atoms with Crippen molar-refractivity contribution < 1.29 is 22.8 Å². The van der Waals surface area contributed by atoms with Gasteiger partial charge >= 0.3 is 0 Å². The number of hydrogen-bond acceptors (Lipinski definition) is 6. The number of nitrogens with one attached hydrogen (secondary N) is 1. The maximum Gasteiger partial charge on any atom is 0.273 e. The zero-order valence-corrected chi connectivity index (χ0v) is 19.2. The molecule has 1 N–H and O–H groups in total. The van der Waals surface area contributed by atoms with Crippen LogP contribution in [0.4, 0.5) is 8.78 Å². The second-order valence-electron chi connectivity index (χ2n) is 7.75. The number of aryl methyl sites for hydroxylation is 1. The number of carbonyl (C=O) groups excluding carboxylic acids is 1. The van der Waals surface area contributed by atoms with Crippen molar-refractivity contribution in [2.45, 2.75) is 12.3 Å². The molecular weight excluding hydrogens is 468 g/mol. The molecule has 0 saturated heterocycles. The van der Waals surface area contributed by atoms with E-state index in [1.54, 1.807) is 36.1 Å². The van der Waals surface area contributed by atoms with Crippen LogP contribution in [0.1, 0.15) is 28.7 Å². The van der Waals surface area contributed by atoms with Crippen LogP contribution >= 0.6 is 11.6 Å². The molecule has 0 bridgehead atoms. The first kappa shape index (κ1) is 23.4. The standard InChI is InChI=1S/C23H20ClF2N5O3/c1-23(19-5-4-6-20(24)29-19,15-11-28-31(2)22(15)33-3)12-27-21(32)17-10-18(34-30-17)14-8-7-13(25)9-16(14)26/h4-11H,12H2,1-3H3,(H,27,32). The van der Waals surface area contributed by atoms with E-state index in [1.165, 1.54) is 19.2 Å². The van der Waals surface area contributed by atoms with Gasteiger partial charge in [0, 0.05) is 31.3 Å². The molecule has 34 heavy (non-hydrogen) atoms. The maximum absolute atomic E-state index is 14.1. The molecule has 0 saturated carbocycles. The molecule has 8 nitrogen and oxygen atoms in total. The Kier molecular flexibility index (Phi) is 6.34. The first-order valence-corrected chi connectivity index (χ1v) is 10.5. The van der Waals surface area contributed by atoms with E-state index in [9.17, 15) is 13.6 Å². The van der Waals surface area contributed by atoms with Gasteiger partial charge in [0.2, 0.25) is 5.88 Å². The molecule has 176 valence electrons. The van der Waals surface area contributed by atoms with Crippen molar-refractivity contribution in [3.63, 3.8) is 0 Å². The molecule has 11 heteroatoms.